The molecule has 1 rings (SSSR count). The number of aliphatic hydroxyl groups is 1. The van der Waals surface area contributed by atoms with E-state index in [0.717, 1.165) is 13.0 Å². The first-order chi connectivity index (χ1) is 7.75. The molecule has 2 unspecified atom stereocenters. The molecular weight excluding hydrogens is 198 g/mol. The Labute approximate surface area is 101 Å². The van der Waals surface area contributed by atoms with Crippen LogP contribution in [0.4, 0.5) is 0 Å². The minimum absolute atomic E-state index is 0.0908. The summed E-state index contributed by atoms with van der Waals surface area (Å²) in [6, 6.07) is 0.414. The fraction of sp³-hybridized carbons (Fsp3) is 1.00. The highest BCUT2D eigenvalue weighted by molar-refractivity contribution is 4.79. The number of likely N-dealkylation sites (N-methyl/N-ethyl adjacent to an activating group) is 1. The smallest absolute Gasteiger partial charge is 0.0695 e. The van der Waals surface area contributed by atoms with Crippen LogP contribution >= 0.6 is 0 Å². The molecular formula is C14H29NO. The van der Waals surface area contributed by atoms with Crippen LogP contribution in [-0.4, -0.2) is 35.7 Å². The predicted molar refractivity (Wildman–Crippen MR) is 69.7 cm³/mol. The second-order valence-electron chi connectivity index (χ2n) is 5.31. The van der Waals surface area contributed by atoms with Crippen LogP contribution in [0.25, 0.3) is 0 Å². The van der Waals surface area contributed by atoms with Crippen molar-refractivity contribution in [3.63, 3.8) is 0 Å². The largest absolute Gasteiger partial charge is 0.391 e. The van der Waals surface area contributed by atoms with Gasteiger partial charge in [-0.05, 0) is 32.9 Å². The van der Waals surface area contributed by atoms with E-state index >= 15 is 0 Å². The van der Waals surface area contributed by atoms with Crippen molar-refractivity contribution < 1.29 is 5.11 Å². The third-order valence-electron chi connectivity index (χ3n) is 3.87. The van der Waals surface area contributed by atoms with Gasteiger partial charge >= 0.3 is 0 Å². The zero-order chi connectivity index (χ0) is 11.8. The van der Waals surface area contributed by atoms with Gasteiger partial charge in [0.05, 0.1) is 6.10 Å². The molecule has 0 aliphatic heterocycles. The highest BCUT2D eigenvalue weighted by Gasteiger charge is 2.23. The minimum atomic E-state index is -0.0908. The summed E-state index contributed by atoms with van der Waals surface area (Å²) in [7, 11) is 2.19. The van der Waals surface area contributed by atoms with Crippen molar-refractivity contribution >= 4 is 0 Å². The van der Waals surface area contributed by atoms with E-state index in [-0.39, 0.29) is 6.10 Å². The van der Waals surface area contributed by atoms with Gasteiger partial charge < -0.3 is 10.0 Å². The Kier molecular flexibility index (Phi) is 7.06. The highest BCUT2D eigenvalue weighted by atomic mass is 16.3. The Bertz CT molecular complexity index is 172. The topological polar surface area (TPSA) is 23.5 Å². The molecule has 0 radical (unpaired) electrons. The summed E-state index contributed by atoms with van der Waals surface area (Å²) in [5.41, 5.74) is 0. The number of hydrogen-bond donors (Lipinski definition) is 1. The van der Waals surface area contributed by atoms with E-state index in [2.05, 4.69) is 18.9 Å². The van der Waals surface area contributed by atoms with Crippen LogP contribution in [0.15, 0.2) is 0 Å². The minimum Gasteiger partial charge on any atom is -0.391 e. The second-order valence-corrected chi connectivity index (χ2v) is 5.31. The van der Waals surface area contributed by atoms with Crippen LogP contribution in [0, 0.1) is 0 Å². The van der Waals surface area contributed by atoms with E-state index < -0.39 is 0 Å². The Balaban J connectivity index is 2.33. The molecule has 2 heteroatoms. The van der Waals surface area contributed by atoms with Gasteiger partial charge in [-0.2, -0.15) is 0 Å². The van der Waals surface area contributed by atoms with Crippen molar-refractivity contribution in [2.75, 3.05) is 13.6 Å². The van der Waals surface area contributed by atoms with E-state index in [0.29, 0.717) is 6.04 Å². The molecule has 1 aliphatic carbocycles. The molecule has 0 aromatic rings. The van der Waals surface area contributed by atoms with Gasteiger partial charge in [-0.1, -0.05) is 45.4 Å². The number of unbranched alkanes of at least 4 members (excludes halogenated alkanes) is 2. The molecule has 1 aliphatic rings. The van der Waals surface area contributed by atoms with E-state index in [9.17, 15) is 5.11 Å². The van der Waals surface area contributed by atoms with E-state index in [1.807, 2.05) is 0 Å². The monoisotopic (exact) mass is 227 g/mol. The predicted octanol–water partition coefficient (Wildman–Crippen LogP) is 3.19. The second kappa shape index (κ2) is 8.08. The van der Waals surface area contributed by atoms with Gasteiger partial charge in [0, 0.05) is 6.04 Å². The molecule has 96 valence electrons. The lowest BCUT2D eigenvalue weighted by Gasteiger charge is -2.33. The van der Waals surface area contributed by atoms with Crippen molar-refractivity contribution in [3.05, 3.63) is 0 Å². The van der Waals surface area contributed by atoms with Crippen molar-refractivity contribution in [1.29, 1.82) is 0 Å². The zero-order valence-electron chi connectivity index (χ0n) is 11.1. The van der Waals surface area contributed by atoms with Gasteiger partial charge in [0.2, 0.25) is 0 Å². The number of rotatable bonds is 5. The summed E-state index contributed by atoms with van der Waals surface area (Å²) in [5.74, 6) is 0. The van der Waals surface area contributed by atoms with E-state index in [1.54, 1.807) is 0 Å². The summed E-state index contributed by atoms with van der Waals surface area (Å²) in [5, 5.41) is 10.2. The fourth-order valence-electron chi connectivity index (χ4n) is 2.74. The zero-order valence-corrected chi connectivity index (χ0v) is 11.1. The summed E-state index contributed by atoms with van der Waals surface area (Å²) < 4.78 is 0. The first-order valence-corrected chi connectivity index (χ1v) is 7.14. The molecule has 1 saturated carbocycles. The normalized spacial score (nSPS) is 27.8. The van der Waals surface area contributed by atoms with Gasteiger partial charge in [0.25, 0.3) is 0 Å². The maximum atomic E-state index is 10.2. The fourth-order valence-corrected chi connectivity index (χ4v) is 2.74. The third-order valence-corrected chi connectivity index (χ3v) is 3.87. The molecule has 2 nitrogen and oxygen atoms in total. The molecule has 0 heterocycles. The van der Waals surface area contributed by atoms with Gasteiger partial charge in [-0.25, -0.2) is 0 Å². The van der Waals surface area contributed by atoms with E-state index in [1.165, 1.54) is 51.4 Å². The number of hydrogen-bond acceptors (Lipinski definition) is 2. The summed E-state index contributed by atoms with van der Waals surface area (Å²) >= 11 is 0. The quantitative estimate of drug-likeness (QED) is 0.729. The summed E-state index contributed by atoms with van der Waals surface area (Å²) in [4.78, 5) is 2.39. The van der Waals surface area contributed by atoms with Crippen LogP contribution in [0.2, 0.25) is 0 Å². The van der Waals surface area contributed by atoms with E-state index in [4.69, 9.17) is 0 Å². The summed E-state index contributed by atoms with van der Waals surface area (Å²) in [6.45, 7) is 3.39. The van der Waals surface area contributed by atoms with Gasteiger partial charge in [-0.15, -0.1) is 0 Å². The van der Waals surface area contributed by atoms with Crippen LogP contribution in [0.3, 0.4) is 0 Å². The Morgan fingerprint density at radius 3 is 2.44 bits per heavy atom. The first-order valence-electron chi connectivity index (χ1n) is 7.14. The number of aliphatic hydroxyl groups excluding tert-OH is 1. The summed E-state index contributed by atoms with van der Waals surface area (Å²) in [6.07, 6.45) is 11.1. The molecule has 0 aromatic heterocycles. The Morgan fingerprint density at radius 1 is 1.06 bits per heavy atom. The molecule has 0 spiro atoms. The molecule has 0 amide bonds. The van der Waals surface area contributed by atoms with Crippen molar-refractivity contribution in [2.45, 2.75) is 76.9 Å². The Morgan fingerprint density at radius 2 is 1.75 bits per heavy atom. The van der Waals surface area contributed by atoms with Crippen LogP contribution in [0.1, 0.15) is 64.7 Å². The third kappa shape index (κ3) is 4.84. The highest BCUT2D eigenvalue weighted by Crippen LogP contribution is 2.21. The average Bonchev–Trinajstić information content (AvgIpc) is 2.24. The standard InChI is InChI=1S/C14H29NO/c1-3-4-9-12-15(2)13-10-7-5-6-8-11-14(13)16/h13-14,16H,3-12H2,1-2H3. The van der Waals surface area contributed by atoms with Crippen molar-refractivity contribution in [3.8, 4) is 0 Å². The number of nitrogens with zero attached hydrogens (tertiary/aromatic N) is 1. The van der Waals surface area contributed by atoms with Gasteiger partial charge in [0.1, 0.15) is 0 Å². The Hall–Kier alpha value is -0.0800. The first kappa shape index (κ1) is 14.0. The lowest BCUT2D eigenvalue weighted by molar-refractivity contribution is 0.0435. The molecule has 1 fully saturated rings. The molecule has 2 atom stereocenters. The van der Waals surface area contributed by atoms with Crippen molar-refractivity contribution in [1.82, 2.24) is 4.90 Å². The lowest BCUT2D eigenvalue weighted by atomic mass is 9.93. The molecule has 0 aromatic carbocycles. The van der Waals surface area contributed by atoms with Gasteiger partial charge in [-0.3, -0.25) is 0 Å². The molecule has 16 heavy (non-hydrogen) atoms. The molecule has 1 N–H and O–H groups in total. The maximum Gasteiger partial charge on any atom is 0.0695 e. The van der Waals surface area contributed by atoms with Crippen LogP contribution in [0.5, 0.6) is 0 Å². The van der Waals surface area contributed by atoms with Crippen molar-refractivity contribution in [2.24, 2.45) is 0 Å². The van der Waals surface area contributed by atoms with Crippen LogP contribution < -0.4 is 0 Å². The maximum absolute atomic E-state index is 10.2. The van der Waals surface area contributed by atoms with Gasteiger partial charge in [0.15, 0.2) is 0 Å². The molecule has 0 bridgehead atoms. The molecule has 0 saturated heterocycles. The SMILES string of the molecule is CCCCCN(C)C1CCCCCCC1O. The average molecular weight is 227 g/mol. The van der Waals surface area contributed by atoms with Crippen LogP contribution in [-0.2, 0) is 0 Å². The lowest BCUT2D eigenvalue weighted by Crippen LogP contribution is -2.42.